The van der Waals surface area contributed by atoms with E-state index in [0.29, 0.717) is 12.6 Å². The summed E-state index contributed by atoms with van der Waals surface area (Å²) in [5, 5.41) is 0. The number of esters is 1. The minimum Gasteiger partial charge on any atom is -0.480 e. The number of aromatic nitrogens is 2. The van der Waals surface area contributed by atoms with Crippen molar-refractivity contribution < 1.29 is 14.3 Å². The van der Waals surface area contributed by atoms with Crippen LogP contribution in [0.3, 0.4) is 0 Å². The highest BCUT2D eigenvalue weighted by atomic mass is 16.5. The number of carbonyl (C=O) groups excluding carboxylic acids is 1. The van der Waals surface area contributed by atoms with Crippen LogP contribution in [0.2, 0.25) is 0 Å². The Balaban J connectivity index is 3.06. The van der Waals surface area contributed by atoms with Crippen molar-refractivity contribution >= 4 is 11.9 Å². The largest absolute Gasteiger partial charge is 0.480 e. The monoisotopic (exact) mass is 225 g/mol. The standard InChI is InChI=1S/C10H15N3O3/c1-5-16-9(14)7-6-11-10(13(2)3)12-8(7)15-4/h6H,5H2,1-4H3. The summed E-state index contributed by atoms with van der Waals surface area (Å²) < 4.78 is 9.88. The van der Waals surface area contributed by atoms with Gasteiger partial charge in [-0.2, -0.15) is 4.98 Å². The highest BCUT2D eigenvalue weighted by Crippen LogP contribution is 2.18. The van der Waals surface area contributed by atoms with Gasteiger partial charge in [0.25, 0.3) is 0 Å². The SMILES string of the molecule is CCOC(=O)c1cnc(N(C)C)nc1OC. The Kier molecular flexibility index (Phi) is 4.04. The van der Waals surface area contributed by atoms with Crippen LogP contribution in [0.4, 0.5) is 5.95 Å². The summed E-state index contributed by atoms with van der Waals surface area (Å²) in [5.41, 5.74) is 0.231. The van der Waals surface area contributed by atoms with E-state index in [-0.39, 0.29) is 11.4 Å². The molecule has 0 bridgehead atoms. The number of hydrogen-bond acceptors (Lipinski definition) is 6. The fourth-order valence-electron chi connectivity index (χ4n) is 1.08. The van der Waals surface area contributed by atoms with Gasteiger partial charge in [0.05, 0.1) is 19.9 Å². The Morgan fingerprint density at radius 2 is 2.19 bits per heavy atom. The summed E-state index contributed by atoms with van der Waals surface area (Å²) in [5.74, 6) is 0.215. The number of carbonyl (C=O) groups is 1. The van der Waals surface area contributed by atoms with Gasteiger partial charge in [0.2, 0.25) is 11.8 Å². The zero-order chi connectivity index (χ0) is 12.1. The van der Waals surface area contributed by atoms with Crippen molar-refractivity contribution in [2.45, 2.75) is 6.92 Å². The van der Waals surface area contributed by atoms with Crippen LogP contribution < -0.4 is 9.64 Å². The quantitative estimate of drug-likeness (QED) is 0.704. The molecule has 0 fully saturated rings. The van der Waals surface area contributed by atoms with Crippen LogP contribution >= 0.6 is 0 Å². The smallest absolute Gasteiger partial charge is 0.345 e. The van der Waals surface area contributed by atoms with Crippen LogP contribution in [-0.4, -0.2) is 43.7 Å². The summed E-state index contributed by atoms with van der Waals surface area (Å²) in [6.07, 6.45) is 1.40. The van der Waals surface area contributed by atoms with E-state index in [1.807, 2.05) is 0 Å². The molecule has 0 saturated carbocycles. The van der Waals surface area contributed by atoms with E-state index in [2.05, 4.69) is 9.97 Å². The molecule has 0 N–H and O–H groups in total. The van der Waals surface area contributed by atoms with Crippen molar-refractivity contribution in [3.8, 4) is 5.88 Å². The van der Waals surface area contributed by atoms with Gasteiger partial charge in [0.1, 0.15) is 5.56 Å². The Morgan fingerprint density at radius 3 is 2.69 bits per heavy atom. The second-order valence-electron chi connectivity index (χ2n) is 3.21. The minimum absolute atomic E-state index is 0.220. The second-order valence-corrected chi connectivity index (χ2v) is 3.21. The van der Waals surface area contributed by atoms with Crippen molar-refractivity contribution in [3.05, 3.63) is 11.8 Å². The Labute approximate surface area is 94.2 Å². The van der Waals surface area contributed by atoms with E-state index >= 15 is 0 Å². The van der Waals surface area contributed by atoms with Gasteiger partial charge in [-0.1, -0.05) is 0 Å². The maximum atomic E-state index is 11.5. The topological polar surface area (TPSA) is 64.5 Å². The molecule has 0 radical (unpaired) electrons. The van der Waals surface area contributed by atoms with Crippen molar-refractivity contribution in [1.82, 2.24) is 9.97 Å². The van der Waals surface area contributed by atoms with Gasteiger partial charge in [-0.25, -0.2) is 9.78 Å². The van der Waals surface area contributed by atoms with Crippen LogP contribution in [0.1, 0.15) is 17.3 Å². The van der Waals surface area contributed by atoms with Gasteiger partial charge < -0.3 is 14.4 Å². The first kappa shape index (κ1) is 12.2. The molecule has 16 heavy (non-hydrogen) atoms. The summed E-state index contributed by atoms with van der Waals surface area (Å²) in [7, 11) is 5.06. The van der Waals surface area contributed by atoms with E-state index in [0.717, 1.165) is 0 Å². The van der Waals surface area contributed by atoms with Crippen molar-refractivity contribution in [3.63, 3.8) is 0 Å². The van der Waals surface area contributed by atoms with Gasteiger partial charge in [0.15, 0.2) is 0 Å². The predicted molar refractivity (Wildman–Crippen MR) is 58.9 cm³/mol. The molecule has 0 aliphatic carbocycles. The van der Waals surface area contributed by atoms with Crippen molar-refractivity contribution in [2.75, 3.05) is 32.7 Å². The molecule has 0 amide bonds. The maximum Gasteiger partial charge on any atom is 0.345 e. The molecule has 88 valence electrons. The summed E-state index contributed by atoms with van der Waals surface area (Å²) >= 11 is 0. The van der Waals surface area contributed by atoms with Gasteiger partial charge in [0, 0.05) is 14.1 Å². The number of anilines is 1. The third kappa shape index (κ3) is 2.59. The minimum atomic E-state index is -0.482. The van der Waals surface area contributed by atoms with E-state index < -0.39 is 5.97 Å². The highest BCUT2D eigenvalue weighted by molar-refractivity contribution is 5.91. The molecule has 6 heteroatoms. The first-order valence-electron chi connectivity index (χ1n) is 4.85. The Morgan fingerprint density at radius 1 is 1.50 bits per heavy atom. The van der Waals surface area contributed by atoms with Gasteiger partial charge in [-0.05, 0) is 6.92 Å². The number of rotatable bonds is 4. The molecule has 0 aromatic carbocycles. The van der Waals surface area contributed by atoms with Crippen LogP contribution in [0, 0.1) is 0 Å². The van der Waals surface area contributed by atoms with Crippen molar-refractivity contribution in [1.29, 1.82) is 0 Å². The molecular weight excluding hydrogens is 210 g/mol. The third-order valence-corrected chi connectivity index (χ3v) is 1.83. The van der Waals surface area contributed by atoms with Gasteiger partial charge in [-0.15, -0.1) is 0 Å². The van der Waals surface area contributed by atoms with Gasteiger partial charge in [-0.3, -0.25) is 0 Å². The fraction of sp³-hybridized carbons (Fsp3) is 0.500. The zero-order valence-electron chi connectivity index (χ0n) is 9.85. The number of hydrogen-bond donors (Lipinski definition) is 0. The average Bonchev–Trinajstić information content (AvgIpc) is 2.28. The molecule has 1 aromatic heterocycles. The predicted octanol–water partition coefficient (Wildman–Crippen LogP) is 0.728. The lowest BCUT2D eigenvalue weighted by molar-refractivity contribution is 0.0521. The molecule has 0 saturated heterocycles. The molecule has 0 aliphatic heterocycles. The first-order chi connectivity index (χ1) is 7.60. The summed E-state index contributed by atoms with van der Waals surface area (Å²) in [6.45, 7) is 2.04. The molecule has 1 rings (SSSR count). The van der Waals surface area contributed by atoms with Crippen molar-refractivity contribution in [2.24, 2.45) is 0 Å². The number of nitrogens with zero attached hydrogens (tertiary/aromatic N) is 3. The first-order valence-corrected chi connectivity index (χ1v) is 4.85. The summed E-state index contributed by atoms with van der Waals surface area (Å²) in [6, 6.07) is 0. The fourth-order valence-corrected chi connectivity index (χ4v) is 1.08. The lowest BCUT2D eigenvalue weighted by atomic mass is 10.3. The molecule has 1 aromatic rings. The zero-order valence-corrected chi connectivity index (χ0v) is 9.85. The molecular formula is C10H15N3O3. The van der Waals surface area contributed by atoms with Crippen LogP contribution in [0.15, 0.2) is 6.20 Å². The lowest BCUT2D eigenvalue weighted by Crippen LogP contribution is -2.15. The molecule has 0 spiro atoms. The van der Waals surface area contributed by atoms with Crippen LogP contribution in [0.5, 0.6) is 5.88 Å². The van der Waals surface area contributed by atoms with Crippen LogP contribution in [-0.2, 0) is 4.74 Å². The highest BCUT2D eigenvalue weighted by Gasteiger charge is 2.16. The Bertz CT molecular complexity index is 380. The van der Waals surface area contributed by atoms with E-state index in [1.54, 1.807) is 25.9 Å². The van der Waals surface area contributed by atoms with E-state index in [4.69, 9.17) is 9.47 Å². The maximum absolute atomic E-state index is 11.5. The molecule has 1 heterocycles. The average molecular weight is 225 g/mol. The van der Waals surface area contributed by atoms with Crippen LogP contribution in [0.25, 0.3) is 0 Å². The lowest BCUT2D eigenvalue weighted by Gasteiger charge is -2.12. The summed E-state index contributed by atoms with van der Waals surface area (Å²) in [4.78, 5) is 21.3. The van der Waals surface area contributed by atoms with E-state index in [1.165, 1.54) is 13.3 Å². The number of ether oxygens (including phenoxy) is 2. The Hall–Kier alpha value is -1.85. The molecule has 0 atom stereocenters. The number of methoxy groups -OCH3 is 1. The third-order valence-electron chi connectivity index (χ3n) is 1.83. The molecule has 6 nitrogen and oxygen atoms in total. The van der Waals surface area contributed by atoms with E-state index in [9.17, 15) is 4.79 Å². The van der Waals surface area contributed by atoms with Gasteiger partial charge >= 0.3 is 5.97 Å². The molecule has 0 aliphatic rings. The second kappa shape index (κ2) is 5.29. The molecule has 0 unspecified atom stereocenters. The normalized spacial score (nSPS) is 9.75.